The number of hydrogen-bond acceptors (Lipinski definition) is 2. The van der Waals surface area contributed by atoms with Gasteiger partial charge in [-0.05, 0) is 17.0 Å². The molecule has 0 fully saturated rings. The average Bonchev–Trinajstić information content (AvgIpc) is 2.37. The third-order valence-electron chi connectivity index (χ3n) is 2.99. The minimum absolute atomic E-state index is 0.276. The van der Waals surface area contributed by atoms with Crippen molar-refractivity contribution in [2.24, 2.45) is 0 Å². The van der Waals surface area contributed by atoms with E-state index in [0.717, 1.165) is 6.07 Å². The van der Waals surface area contributed by atoms with Crippen molar-refractivity contribution in [2.75, 3.05) is 0 Å². The monoisotopic (exact) mass is 280 g/mol. The van der Waals surface area contributed by atoms with E-state index in [1.165, 1.54) is 24.7 Å². The Bertz CT molecular complexity index is 599. The zero-order chi connectivity index (χ0) is 15.0. The lowest BCUT2D eigenvalue weighted by Crippen LogP contribution is -2.19. The highest BCUT2D eigenvalue weighted by molar-refractivity contribution is 5.61. The van der Waals surface area contributed by atoms with Gasteiger partial charge in [0.1, 0.15) is 0 Å². The van der Waals surface area contributed by atoms with Gasteiger partial charge in [-0.15, -0.1) is 0 Å². The Kier molecular flexibility index (Phi) is 3.54. The molecule has 0 saturated carbocycles. The number of hydrogen-bond donors (Lipinski definition) is 0. The first-order chi connectivity index (χ1) is 9.19. The summed E-state index contributed by atoms with van der Waals surface area (Å²) in [5, 5.41) is 0. The highest BCUT2D eigenvalue weighted by atomic mass is 19.4. The molecule has 0 atom stereocenters. The van der Waals surface area contributed by atoms with Crippen LogP contribution in [0.3, 0.4) is 0 Å². The molecule has 2 rings (SSSR count). The molecule has 0 unspecified atom stereocenters. The molecule has 0 aliphatic heterocycles. The second-order valence-corrected chi connectivity index (χ2v) is 5.60. The Hall–Kier alpha value is -1.91. The van der Waals surface area contributed by atoms with Gasteiger partial charge < -0.3 is 0 Å². The maximum Gasteiger partial charge on any atom is 0.416 e. The fraction of sp³-hybridized carbons (Fsp3) is 0.333. The molecule has 0 aliphatic carbocycles. The Morgan fingerprint density at radius 3 is 2.15 bits per heavy atom. The van der Waals surface area contributed by atoms with E-state index in [1.54, 1.807) is 26.8 Å². The normalized spacial score (nSPS) is 12.5. The van der Waals surface area contributed by atoms with E-state index in [9.17, 15) is 13.2 Å². The van der Waals surface area contributed by atoms with Gasteiger partial charge in [0, 0.05) is 18.0 Å². The Morgan fingerprint density at radius 1 is 0.950 bits per heavy atom. The molecule has 0 radical (unpaired) electrons. The molecule has 2 aromatic rings. The van der Waals surface area contributed by atoms with Crippen molar-refractivity contribution in [3.8, 4) is 11.3 Å². The maximum absolute atomic E-state index is 13.2. The van der Waals surface area contributed by atoms with E-state index in [4.69, 9.17) is 0 Å². The van der Waals surface area contributed by atoms with Gasteiger partial charge in [0.25, 0.3) is 0 Å². The fourth-order valence-corrected chi connectivity index (χ4v) is 2.04. The van der Waals surface area contributed by atoms with Crippen molar-refractivity contribution >= 4 is 0 Å². The molecule has 1 heterocycles. The maximum atomic E-state index is 13.2. The molecular formula is C15H15F3N2. The van der Waals surface area contributed by atoms with Crippen molar-refractivity contribution in [3.63, 3.8) is 0 Å². The van der Waals surface area contributed by atoms with E-state index < -0.39 is 17.2 Å². The number of alkyl halides is 3. The molecule has 106 valence electrons. The number of aromatic nitrogens is 2. The number of halogens is 3. The lowest BCUT2D eigenvalue weighted by atomic mass is 9.82. The molecule has 2 nitrogen and oxygen atoms in total. The van der Waals surface area contributed by atoms with Gasteiger partial charge in [-0.1, -0.05) is 32.9 Å². The lowest BCUT2D eigenvalue weighted by Gasteiger charge is -2.24. The van der Waals surface area contributed by atoms with Crippen LogP contribution in [0, 0.1) is 0 Å². The lowest BCUT2D eigenvalue weighted by molar-refractivity contribution is -0.138. The van der Waals surface area contributed by atoms with Crippen LogP contribution in [0.1, 0.15) is 31.9 Å². The van der Waals surface area contributed by atoms with Crippen LogP contribution in [-0.2, 0) is 11.6 Å². The van der Waals surface area contributed by atoms with E-state index in [0.29, 0.717) is 11.3 Å². The van der Waals surface area contributed by atoms with Crippen LogP contribution in [0.2, 0.25) is 0 Å². The highest BCUT2D eigenvalue weighted by Gasteiger charge is 2.36. The van der Waals surface area contributed by atoms with Crippen molar-refractivity contribution in [2.45, 2.75) is 32.4 Å². The molecule has 20 heavy (non-hydrogen) atoms. The van der Waals surface area contributed by atoms with Crippen LogP contribution < -0.4 is 0 Å². The Balaban J connectivity index is 2.62. The first-order valence-corrected chi connectivity index (χ1v) is 6.18. The van der Waals surface area contributed by atoms with Crippen LogP contribution in [-0.4, -0.2) is 9.97 Å². The van der Waals surface area contributed by atoms with E-state index in [-0.39, 0.29) is 5.56 Å². The van der Waals surface area contributed by atoms with Crippen molar-refractivity contribution in [1.29, 1.82) is 0 Å². The predicted molar refractivity (Wildman–Crippen MR) is 71.2 cm³/mol. The molecule has 0 spiro atoms. The molecule has 5 heteroatoms. The molecule has 0 bridgehead atoms. The van der Waals surface area contributed by atoms with Gasteiger partial charge >= 0.3 is 6.18 Å². The average molecular weight is 280 g/mol. The largest absolute Gasteiger partial charge is 0.416 e. The minimum atomic E-state index is -4.39. The van der Waals surface area contributed by atoms with Gasteiger partial charge in [-0.3, -0.25) is 9.97 Å². The summed E-state index contributed by atoms with van der Waals surface area (Å²) in [5.74, 6) is 0. The minimum Gasteiger partial charge on any atom is -0.261 e. The Morgan fingerprint density at radius 2 is 1.65 bits per heavy atom. The Labute approximate surface area is 115 Å². The summed E-state index contributed by atoms with van der Waals surface area (Å²) in [6.07, 6.45) is 0.00500. The van der Waals surface area contributed by atoms with Crippen LogP contribution in [0.15, 0.2) is 36.8 Å². The molecule has 0 aliphatic rings. The van der Waals surface area contributed by atoms with E-state index in [2.05, 4.69) is 9.97 Å². The third kappa shape index (κ3) is 2.98. The zero-order valence-electron chi connectivity index (χ0n) is 11.5. The standard InChI is InChI=1S/C15H15F3N2/c1-14(2,3)11-5-4-10(8-12(11)15(16,17)18)13-9-19-6-7-20-13/h4-9H,1-3H3. The van der Waals surface area contributed by atoms with Crippen molar-refractivity contribution in [1.82, 2.24) is 9.97 Å². The summed E-state index contributed by atoms with van der Waals surface area (Å²) in [6.45, 7) is 5.29. The summed E-state index contributed by atoms with van der Waals surface area (Å²) < 4.78 is 39.7. The van der Waals surface area contributed by atoms with Crippen molar-refractivity contribution in [3.05, 3.63) is 47.9 Å². The first kappa shape index (κ1) is 14.5. The van der Waals surface area contributed by atoms with Gasteiger partial charge in [0.05, 0.1) is 17.5 Å². The van der Waals surface area contributed by atoms with Crippen LogP contribution in [0.4, 0.5) is 13.2 Å². The highest BCUT2D eigenvalue weighted by Crippen LogP contribution is 2.39. The summed E-state index contributed by atoms with van der Waals surface area (Å²) in [7, 11) is 0. The molecule has 0 amide bonds. The molecule has 0 N–H and O–H groups in total. The molecule has 1 aromatic heterocycles. The quantitative estimate of drug-likeness (QED) is 0.770. The summed E-state index contributed by atoms with van der Waals surface area (Å²) in [6, 6.07) is 4.32. The summed E-state index contributed by atoms with van der Waals surface area (Å²) in [4.78, 5) is 7.91. The number of rotatable bonds is 1. The van der Waals surface area contributed by atoms with Gasteiger partial charge in [-0.2, -0.15) is 13.2 Å². The van der Waals surface area contributed by atoms with Gasteiger partial charge in [0.2, 0.25) is 0 Å². The van der Waals surface area contributed by atoms with Crippen LogP contribution in [0.5, 0.6) is 0 Å². The summed E-state index contributed by atoms with van der Waals surface area (Å²) in [5.41, 5.74) is -0.0751. The van der Waals surface area contributed by atoms with E-state index >= 15 is 0 Å². The smallest absolute Gasteiger partial charge is 0.261 e. The second-order valence-electron chi connectivity index (χ2n) is 5.60. The van der Waals surface area contributed by atoms with Gasteiger partial charge in [0.15, 0.2) is 0 Å². The zero-order valence-corrected chi connectivity index (χ0v) is 11.5. The molecule has 1 aromatic carbocycles. The molecular weight excluding hydrogens is 265 g/mol. The van der Waals surface area contributed by atoms with Crippen LogP contribution in [0.25, 0.3) is 11.3 Å². The predicted octanol–water partition coefficient (Wildman–Crippen LogP) is 4.46. The van der Waals surface area contributed by atoms with Crippen molar-refractivity contribution < 1.29 is 13.2 Å². The summed E-state index contributed by atoms with van der Waals surface area (Å²) >= 11 is 0. The SMILES string of the molecule is CC(C)(C)c1ccc(-c2cnccn2)cc1C(F)(F)F. The fourth-order valence-electron chi connectivity index (χ4n) is 2.04. The van der Waals surface area contributed by atoms with Crippen LogP contribution >= 0.6 is 0 Å². The van der Waals surface area contributed by atoms with E-state index in [1.807, 2.05) is 0 Å². The molecule has 0 saturated heterocycles. The number of nitrogens with zero attached hydrogens (tertiary/aromatic N) is 2. The van der Waals surface area contributed by atoms with Gasteiger partial charge in [-0.25, -0.2) is 0 Å². The second kappa shape index (κ2) is 4.89. The topological polar surface area (TPSA) is 25.8 Å². The third-order valence-corrected chi connectivity index (χ3v) is 2.99. The number of benzene rings is 1. The first-order valence-electron chi connectivity index (χ1n) is 6.18.